The first-order valence-electron chi connectivity index (χ1n) is 8.18. The Bertz CT molecular complexity index is 508. The van der Waals surface area contributed by atoms with Gasteiger partial charge in [-0.25, -0.2) is 0 Å². The highest BCUT2D eigenvalue weighted by molar-refractivity contribution is 5.87. The molecule has 128 valence electrons. The Kier molecular flexibility index (Phi) is 5.79. The quantitative estimate of drug-likeness (QED) is 0.826. The van der Waals surface area contributed by atoms with E-state index in [1.54, 1.807) is 6.92 Å². The van der Waals surface area contributed by atoms with Crippen molar-refractivity contribution < 1.29 is 14.6 Å². The summed E-state index contributed by atoms with van der Waals surface area (Å²) in [4.78, 5) is 14.7. The van der Waals surface area contributed by atoms with Crippen LogP contribution >= 0.6 is 0 Å². The zero-order valence-electron chi connectivity index (χ0n) is 14.3. The normalized spacial score (nSPS) is 19.1. The van der Waals surface area contributed by atoms with Crippen LogP contribution in [0, 0.1) is 0 Å². The van der Waals surface area contributed by atoms with Gasteiger partial charge in [0, 0.05) is 26.2 Å². The first kappa shape index (κ1) is 17.9. The van der Waals surface area contributed by atoms with Gasteiger partial charge in [-0.1, -0.05) is 30.3 Å². The van der Waals surface area contributed by atoms with E-state index in [4.69, 9.17) is 4.74 Å². The molecule has 2 rings (SSSR count). The van der Waals surface area contributed by atoms with Gasteiger partial charge in [-0.05, 0) is 26.3 Å². The van der Waals surface area contributed by atoms with Gasteiger partial charge in [0.05, 0.1) is 24.2 Å². The summed E-state index contributed by atoms with van der Waals surface area (Å²) in [5.41, 5.74) is -0.624. The monoisotopic (exact) mass is 320 g/mol. The second-order valence-electron chi connectivity index (χ2n) is 7.06. The van der Waals surface area contributed by atoms with E-state index < -0.39 is 11.0 Å². The lowest BCUT2D eigenvalue weighted by molar-refractivity contribution is -0.127. The van der Waals surface area contributed by atoms with Crippen LogP contribution in [-0.2, 0) is 14.9 Å². The maximum Gasteiger partial charge on any atom is 0.230 e. The van der Waals surface area contributed by atoms with E-state index in [-0.39, 0.29) is 12.5 Å². The minimum atomic E-state index is -0.959. The predicted octanol–water partition coefficient (Wildman–Crippen LogP) is 1.16. The van der Waals surface area contributed by atoms with Crippen LogP contribution in [0.1, 0.15) is 26.3 Å². The van der Waals surface area contributed by atoms with E-state index in [1.807, 2.05) is 44.2 Å². The fourth-order valence-electron chi connectivity index (χ4n) is 2.77. The third kappa shape index (κ3) is 5.03. The van der Waals surface area contributed by atoms with Crippen molar-refractivity contribution in [2.24, 2.45) is 0 Å². The summed E-state index contributed by atoms with van der Waals surface area (Å²) in [5.74, 6) is -0.0778. The van der Waals surface area contributed by atoms with Crippen molar-refractivity contribution in [3.8, 4) is 0 Å². The first-order chi connectivity index (χ1) is 10.8. The standard InChI is InChI=1S/C18H28N2O3/c1-17(2,15-7-5-4-6-8-15)16(21)19-13-18(3,22)14-20-9-11-23-12-10-20/h4-8,22H,9-14H2,1-3H3,(H,19,21). The van der Waals surface area contributed by atoms with Crippen molar-refractivity contribution in [3.05, 3.63) is 35.9 Å². The van der Waals surface area contributed by atoms with Crippen molar-refractivity contribution >= 4 is 5.91 Å². The molecule has 1 atom stereocenters. The van der Waals surface area contributed by atoms with Crippen molar-refractivity contribution in [2.45, 2.75) is 31.8 Å². The van der Waals surface area contributed by atoms with Crippen LogP contribution in [0.15, 0.2) is 30.3 Å². The molecule has 1 aliphatic heterocycles. The number of hydrogen-bond donors (Lipinski definition) is 2. The van der Waals surface area contributed by atoms with Gasteiger partial charge in [0.2, 0.25) is 5.91 Å². The summed E-state index contributed by atoms with van der Waals surface area (Å²) in [6, 6.07) is 9.69. The number of carbonyl (C=O) groups excluding carboxylic acids is 1. The number of hydrogen-bond acceptors (Lipinski definition) is 4. The van der Waals surface area contributed by atoms with Crippen LogP contribution in [0.5, 0.6) is 0 Å². The molecule has 0 aromatic heterocycles. The fourth-order valence-corrected chi connectivity index (χ4v) is 2.77. The Hall–Kier alpha value is -1.43. The van der Waals surface area contributed by atoms with Crippen LogP contribution in [0.4, 0.5) is 0 Å². The Morgan fingerprint density at radius 3 is 2.43 bits per heavy atom. The molecule has 0 radical (unpaired) electrons. The number of rotatable bonds is 6. The van der Waals surface area contributed by atoms with Crippen LogP contribution in [0.2, 0.25) is 0 Å². The lowest BCUT2D eigenvalue weighted by atomic mass is 9.83. The second kappa shape index (κ2) is 7.43. The Balaban J connectivity index is 1.89. The molecule has 1 amide bonds. The predicted molar refractivity (Wildman–Crippen MR) is 90.4 cm³/mol. The van der Waals surface area contributed by atoms with Gasteiger partial charge in [0.15, 0.2) is 0 Å². The minimum absolute atomic E-state index is 0.0778. The van der Waals surface area contributed by atoms with Crippen LogP contribution in [0.25, 0.3) is 0 Å². The lowest BCUT2D eigenvalue weighted by Crippen LogP contribution is -2.53. The van der Waals surface area contributed by atoms with Crippen molar-refractivity contribution in [2.75, 3.05) is 39.4 Å². The molecule has 1 aromatic carbocycles. The molecule has 1 fully saturated rings. The molecular formula is C18H28N2O3. The van der Waals surface area contributed by atoms with Gasteiger partial charge in [0.25, 0.3) is 0 Å². The van der Waals surface area contributed by atoms with E-state index in [9.17, 15) is 9.90 Å². The molecule has 1 heterocycles. The number of aliphatic hydroxyl groups is 1. The van der Waals surface area contributed by atoms with Gasteiger partial charge in [-0.15, -0.1) is 0 Å². The molecule has 5 nitrogen and oxygen atoms in total. The van der Waals surface area contributed by atoms with Gasteiger partial charge in [0.1, 0.15) is 0 Å². The van der Waals surface area contributed by atoms with E-state index in [0.717, 1.165) is 18.7 Å². The number of amides is 1. The van der Waals surface area contributed by atoms with Crippen LogP contribution in [-0.4, -0.2) is 60.9 Å². The molecule has 1 aromatic rings. The maximum absolute atomic E-state index is 12.5. The number of nitrogens with zero attached hydrogens (tertiary/aromatic N) is 1. The third-order valence-electron chi connectivity index (χ3n) is 4.36. The summed E-state index contributed by atoms with van der Waals surface area (Å²) in [7, 11) is 0. The smallest absolute Gasteiger partial charge is 0.230 e. The molecule has 23 heavy (non-hydrogen) atoms. The number of benzene rings is 1. The molecule has 0 aliphatic carbocycles. The zero-order chi connectivity index (χ0) is 16.9. The summed E-state index contributed by atoms with van der Waals surface area (Å²) in [5, 5.41) is 13.5. The molecular weight excluding hydrogens is 292 g/mol. The van der Waals surface area contributed by atoms with E-state index in [1.165, 1.54) is 0 Å². The summed E-state index contributed by atoms with van der Waals surface area (Å²) >= 11 is 0. The molecule has 5 heteroatoms. The molecule has 0 saturated carbocycles. The largest absolute Gasteiger partial charge is 0.387 e. The van der Waals surface area contributed by atoms with Gasteiger partial charge in [-0.3, -0.25) is 9.69 Å². The van der Waals surface area contributed by atoms with Gasteiger partial charge in [-0.2, -0.15) is 0 Å². The van der Waals surface area contributed by atoms with Crippen LogP contribution < -0.4 is 5.32 Å². The molecule has 1 unspecified atom stereocenters. The van der Waals surface area contributed by atoms with E-state index >= 15 is 0 Å². The Morgan fingerprint density at radius 1 is 1.22 bits per heavy atom. The molecule has 0 spiro atoms. The van der Waals surface area contributed by atoms with Crippen LogP contribution in [0.3, 0.4) is 0 Å². The summed E-state index contributed by atoms with van der Waals surface area (Å²) < 4.78 is 5.31. The van der Waals surface area contributed by atoms with Crippen molar-refractivity contribution in [1.29, 1.82) is 0 Å². The molecule has 2 N–H and O–H groups in total. The lowest BCUT2D eigenvalue weighted by Gasteiger charge is -2.34. The Labute approximate surface area is 138 Å². The number of morpholine rings is 1. The minimum Gasteiger partial charge on any atom is -0.387 e. The number of β-amino-alcohol motifs (C(OH)–C–C–N with tert-alkyl or cyclic N) is 1. The molecule has 1 saturated heterocycles. The average Bonchev–Trinajstić information content (AvgIpc) is 2.54. The Morgan fingerprint density at radius 2 is 1.83 bits per heavy atom. The maximum atomic E-state index is 12.5. The number of carbonyl (C=O) groups is 1. The highest BCUT2D eigenvalue weighted by atomic mass is 16.5. The second-order valence-corrected chi connectivity index (χ2v) is 7.06. The van der Waals surface area contributed by atoms with Crippen molar-refractivity contribution in [1.82, 2.24) is 10.2 Å². The zero-order valence-corrected chi connectivity index (χ0v) is 14.3. The third-order valence-corrected chi connectivity index (χ3v) is 4.36. The molecule has 1 aliphatic rings. The fraction of sp³-hybridized carbons (Fsp3) is 0.611. The van der Waals surface area contributed by atoms with E-state index in [2.05, 4.69) is 10.2 Å². The highest BCUT2D eigenvalue weighted by Crippen LogP contribution is 2.23. The first-order valence-corrected chi connectivity index (χ1v) is 8.18. The average molecular weight is 320 g/mol. The topological polar surface area (TPSA) is 61.8 Å². The number of nitrogens with one attached hydrogen (secondary N) is 1. The van der Waals surface area contributed by atoms with Gasteiger partial charge < -0.3 is 15.2 Å². The van der Waals surface area contributed by atoms with Crippen molar-refractivity contribution in [3.63, 3.8) is 0 Å². The SMILES string of the molecule is CC(O)(CNC(=O)C(C)(C)c1ccccc1)CN1CCOCC1. The number of ether oxygens (including phenoxy) is 1. The summed E-state index contributed by atoms with van der Waals surface area (Å²) in [6.45, 7) is 9.36. The summed E-state index contributed by atoms with van der Waals surface area (Å²) in [6.07, 6.45) is 0. The highest BCUT2D eigenvalue weighted by Gasteiger charge is 2.32. The van der Waals surface area contributed by atoms with Gasteiger partial charge >= 0.3 is 0 Å². The molecule has 0 bridgehead atoms. The van der Waals surface area contributed by atoms with E-state index in [0.29, 0.717) is 19.8 Å².